The molecule has 0 radical (unpaired) electrons. The Labute approximate surface area is 242 Å². The van der Waals surface area contributed by atoms with Crippen LogP contribution in [0.25, 0.3) is 11.1 Å². The van der Waals surface area contributed by atoms with Crippen molar-refractivity contribution >= 4 is 15.1 Å². The maximum atomic E-state index is 14.6. The molecule has 4 heteroatoms. The second kappa shape index (κ2) is 11.4. The fourth-order valence-electron chi connectivity index (χ4n) is 7.91. The topological polar surface area (TPSA) is 29.1 Å². The van der Waals surface area contributed by atoms with Crippen molar-refractivity contribution in [3.05, 3.63) is 125 Å². The van der Waals surface area contributed by atoms with Crippen molar-refractivity contribution in [3.63, 3.8) is 0 Å². The molecule has 2 aliphatic carbocycles. The molecule has 1 saturated carbocycles. The molecule has 6 rings (SSSR count). The summed E-state index contributed by atoms with van der Waals surface area (Å²) in [6.07, 6.45) is 6.65. The third-order valence-corrected chi connectivity index (χ3v) is 51.2. The summed E-state index contributed by atoms with van der Waals surface area (Å²) in [5.41, 5.74) is 8.42. The summed E-state index contributed by atoms with van der Waals surface area (Å²) >= 11 is -4.44. The molecule has 205 valence electrons. The number of amides is 1. The van der Waals surface area contributed by atoms with Gasteiger partial charge in [-0.25, -0.2) is 0 Å². The Morgan fingerprint density at radius 1 is 0.725 bits per heavy atom. The van der Waals surface area contributed by atoms with Crippen LogP contribution in [0.4, 0.5) is 0 Å². The minimum absolute atomic E-state index is 0.148. The van der Waals surface area contributed by atoms with Gasteiger partial charge in [-0.3, -0.25) is 0 Å². The number of nitrogens with one attached hydrogen (secondary N) is 1. The molecule has 0 heterocycles. The molecule has 4 aromatic rings. The van der Waals surface area contributed by atoms with Crippen LogP contribution in [-0.4, -0.2) is 11.8 Å². The molecule has 2 nitrogen and oxygen atoms in total. The van der Waals surface area contributed by atoms with Crippen LogP contribution in [0.1, 0.15) is 54.4 Å². The van der Waals surface area contributed by atoms with E-state index in [0.717, 1.165) is 27.5 Å². The quantitative estimate of drug-likeness (QED) is 0.178. The number of carbonyl (C=O) groups is 1. The van der Waals surface area contributed by atoms with Crippen molar-refractivity contribution in [1.29, 1.82) is 0 Å². The molecule has 1 amide bonds. The molecule has 0 spiro atoms. The number of benzene rings is 4. The van der Waals surface area contributed by atoms with Crippen LogP contribution in [0.3, 0.4) is 0 Å². The van der Waals surface area contributed by atoms with E-state index in [4.69, 9.17) is 0 Å². The normalized spacial score (nSPS) is 16.1. The van der Waals surface area contributed by atoms with Crippen LogP contribution < -0.4 is 6.53 Å². The average molecular weight is 624 g/mol. The van der Waals surface area contributed by atoms with E-state index in [-0.39, 0.29) is 5.92 Å². The van der Waals surface area contributed by atoms with Gasteiger partial charge in [0.1, 0.15) is 0 Å². The molecule has 0 bridgehead atoms. The molecule has 0 aromatic heterocycles. The van der Waals surface area contributed by atoms with Crippen LogP contribution >= 0.6 is 0 Å². The van der Waals surface area contributed by atoms with Gasteiger partial charge in [-0.05, 0) is 0 Å². The zero-order valence-electron chi connectivity index (χ0n) is 24.0. The summed E-state index contributed by atoms with van der Waals surface area (Å²) in [4.78, 5) is 14.6. The molecular weight excluding hydrogens is 582 g/mol. The van der Waals surface area contributed by atoms with E-state index in [1.807, 2.05) is 0 Å². The van der Waals surface area contributed by atoms with Crippen LogP contribution in [0, 0.1) is 5.92 Å². The summed E-state index contributed by atoms with van der Waals surface area (Å²) in [5, 5.41) is 0. The summed E-state index contributed by atoms with van der Waals surface area (Å²) in [6, 6.07) is 38.2. The first-order valence-electron chi connectivity index (χ1n) is 15.3. The third-order valence-electron chi connectivity index (χ3n) is 10.2. The molecule has 0 aliphatic heterocycles. The van der Waals surface area contributed by atoms with Crippen molar-refractivity contribution in [2.24, 2.45) is 5.92 Å². The molecule has 0 atom stereocenters. The van der Waals surface area contributed by atoms with Gasteiger partial charge < -0.3 is 0 Å². The van der Waals surface area contributed by atoms with Gasteiger partial charge in [0.2, 0.25) is 0 Å². The summed E-state index contributed by atoms with van der Waals surface area (Å²) in [5.74, 6) is -0.987. The van der Waals surface area contributed by atoms with Crippen molar-refractivity contribution in [2.45, 2.75) is 59.9 Å². The summed E-state index contributed by atoms with van der Waals surface area (Å²) in [6.45, 7) is 5.11. The third kappa shape index (κ3) is 4.92. The van der Waals surface area contributed by atoms with Gasteiger partial charge in [0.15, 0.2) is 0 Å². The Kier molecular flexibility index (Phi) is 7.85. The van der Waals surface area contributed by atoms with Gasteiger partial charge in [0.05, 0.1) is 0 Å². The van der Waals surface area contributed by atoms with E-state index in [1.54, 1.807) is 3.27 Å². The van der Waals surface area contributed by atoms with Gasteiger partial charge in [0, 0.05) is 0 Å². The fourth-order valence-corrected chi connectivity index (χ4v) is 41.0. The Morgan fingerprint density at radius 2 is 1.30 bits per heavy atom. The van der Waals surface area contributed by atoms with E-state index >= 15 is 0 Å². The van der Waals surface area contributed by atoms with E-state index in [2.05, 4.69) is 119 Å². The summed E-state index contributed by atoms with van der Waals surface area (Å²) in [7, 11) is 0. The van der Waals surface area contributed by atoms with E-state index in [9.17, 15) is 4.79 Å². The number of hydrogen-bond donors (Lipinski definition) is 1. The first-order chi connectivity index (χ1) is 19.5. The number of rotatable bonds is 8. The predicted octanol–water partition coefficient (Wildman–Crippen LogP) is 7.57. The second-order valence-corrected chi connectivity index (χ2v) is 44.2. The number of carbonyl (C=O) groups excluding carboxylic acids is 1. The van der Waals surface area contributed by atoms with Crippen LogP contribution in [-0.2, 0) is 37.7 Å². The Bertz CT molecular complexity index is 1450. The van der Waals surface area contributed by atoms with Gasteiger partial charge >= 0.3 is 244 Å². The molecule has 1 N–H and O–H groups in total. The van der Waals surface area contributed by atoms with Crippen molar-refractivity contribution in [2.75, 3.05) is 0 Å². The minimum atomic E-state index is -4.44. The van der Waals surface area contributed by atoms with Gasteiger partial charge in [-0.1, -0.05) is 0 Å². The molecule has 2 aliphatic rings. The molecule has 0 unspecified atom stereocenters. The van der Waals surface area contributed by atoms with Crippen molar-refractivity contribution < 1.29 is 23.0 Å². The zero-order valence-corrected chi connectivity index (χ0v) is 27.6. The zero-order chi connectivity index (χ0) is 27.6. The maximum absolute atomic E-state index is 14.6. The monoisotopic (exact) mass is 622 g/mol. The van der Waals surface area contributed by atoms with Crippen LogP contribution in [0.15, 0.2) is 103 Å². The Hall–Kier alpha value is -2.55. The van der Waals surface area contributed by atoms with E-state index < -0.39 is 24.2 Å². The molecule has 4 aromatic carbocycles. The summed E-state index contributed by atoms with van der Waals surface area (Å²) < 4.78 is 7.78. The van der Waals surface area contributed by atoms with Crippen LogP contribution in [0.5, 0.6) is 0 Å². The first-order valence-corrected chi connectivity index (χ1v) is 28.3. The van der Waals surface area contributed by atoms with Crippen molar-refractivity contribution in [1.82, 2.24) is 3.26 Å². The Morgan fingerprint density at radius 3 is 1.93 bits per heavy atom. The first kappa shape index (κ1) is 27.6. The van der Waals surface area contributed by atoms with Gasteiger partial charge in [0.25, 0.3) is 0 Å². The van der Waals surface area contributed by atoms with Gasteiger partial charge in [-0.15, -0.1) is 0 Å². The molecule has 40 heavy (non-hydrogen) atoms. The average Bonchev–Trinajstić information content (AvgIpc) is 3.37. The predicted molar refractivity (Wildman–Crippen MR) is 168 cm³/mol. The van der Waals surface area contributed by atoms with Crippen LogP contribution in [0.2, 0.25) is 13.1 Å². The number of hydrogen-bond acceptors (Lipinski definition) is 1. The van der Waals surface area contributed by atoms with E-state index in [0.29, 0.717) is 5.91 Å². The fraction of sp³-hybridized carbons (Fsp3) is 0.306. The molecule has 1 fully saturated rings. The number of fused-ring (bicyclic) bond motifs is 3. The van der Waals surface area contributed by atoms with Gasteiger partial charge in [-0.2, -0.15) is 0 Å². The van der Waals surface area contributed by atoms with E-state index in [1.165, 1.54) is 52.6 Å². The SMILES string of the molecule is C[SiH](C)[Zr]([CH2]c1ccccc1)([CH2]c1ccccc1)([NH]C(=O)C1CCCCC1)[c]1cccc2c1Cc1ccccc1-2. The molecule has 0 saturated heterocycles. The Balaban J connectivity index is 1.63. The van der Waals surface area contributed by atoms with Crippen molar-refractivity contribution in [3.8, 4) is 11.1 Å². The molecular formula is C36H42NOSiZr. The standard InChI is InChI=1S/C13H9.C7H13NO.2C7H7.C2H7Si.Zr/c1-3-7-12-10(5-1)9-11-6-2-4-8-13(11)12;8-7(9)6-4-2-1-3-5-6;2*1-7-5-3-2-4-6-7;1-3-2;/h1-5,7-8H,9H2;6H,1-5H2,(H2,8,9);2*2-6H,1H2;3H,1-2H3;/q;;;;;+1/p-1. The second-order valence-electron chi connectivity index (χ2n) is 12.7.